The molecule has 0 radical (unpaired) electrons. The lowest BCUT2D eigenvalue weighted by molar-refractivity contribution is 0.373. The Bertz CT molecular complexity index is 989. The van der Waals surface area contributed by atoms with E-state index in [4.69, 9.17) is 8.94 Å². The van der Waals surface area contributed by atoms with Crippen molar-refractivity contribution in [1.29, 1.82) is 0 Å². The van der Waals surface area contributed by atoms with Crippen LogP contribution in [-0.2, 0) is 6.42 Å². The van der Waals surface area contributed by atoms with Gasteiger partial charge >= 0.3 is 0 Å². The van der Waals surface area contributed by atoms with E-state index < -0.39 is 0 Å². The van der Waals surface area contributed by atoms with Crippen LogP contribution < -0.4 is 5.32 Å². The highest BCUT2D eigenvalue weighted by Crippen LogP contribution is 2.30. The van der Waals surface area contributed by atoms with E-state index in [1.165, 1.54) is 6.33 Å². The minimum atomic E-state index is 0.257. The molecule has 1 aromatic carbocycles. The van der Waals surface area contributed by atoms with E-state index >= 15 is 0 Å². The fourth-order valence-electron chi connectivity index (χ4n) is 2.54. The van der Waals surface area contributed by atoms with Crippen molar-refractivity contribution in [1.82, 2.24) is 20.1 Å². The topological polar surface area (TPSA) is 89.9 Å². The van der Waals surface area contributed by atoms with Gasteiger partial charge in [-0.1, -0.05) is 31.1 Å². The molecule has 0 aliphatic heterocycles. The van der Waals surface area contributed by atoms with Crippen molar-refractivity contribution in [2.24, 2.45) is 0 Å². The number of nitrogens with zero attached hydrogens (tertiary/aromatic N) is 4. The number of benzene rings is 1. The SMILES string of the molecule is CC(C)c1noc(CCNc2ncnc3c2oc2ccccc23)n1. The first kappa shape index (κ1) is 14.6. The Hall–Kier alpha value is -2.96. The Morgan fingerprint density at radius 3 is 2.88 bits per heavy atom. The average Bonchev–Trinajstić information content (AvgIpc) is 3.20. The molecule has 0 bridgehead atoms. The molecule has 0 aliphatic rings. The third-order valence-corrected chi connectivity index (χ3v) is 3.79. The lowest BCUT2D eigenvalue weighted by atomic mass is 10.2. The van der Waals surface area contributed by atoms with Gasteiger partial charge in [0.2, 0.25) is 5.89 Å². The molecule has 0 aliphatic carbocycles. The maximum Gasteiger partial charge on any atom is 0.228 e. The highest BCUT2D eigenvalue weighted by molar-refractivity contribution is 6.05. The van der Waals surface area contributed by atoms with Crippen LogP contribution in [0.2, 0.25) is 0 Å². The van der Waals surface area contributed by atoms with Gasteiger partial charge in [0.15, 0.2) is 17.2 Å². The van der Waals surface area contributed by atoms with Crippen LogP contribution in [0.15, 0.2) is 39.5 Å². The smallest absolute Gasteiger partial charge is 0.228 e. The second kappa shape index (κ2) is 5.92. The maximum atomic E-state index is 5.88. The summed E-state index contributed by atoms with van der Waals surface area (Å²) in [7, 11) is 0. The van der Waals surface area contributed by atoms with E-state index in [0.29, 0.717) is 30.3 Å². The number of anilines is 1. The van der Waals surface area contributed by atoms with Crippen molar-refractivity contribution in [2.75, 3.05) is 11.9 Å². The average molecular weight is 323 g/mol. The van der Waals surface area contributed by atoms with Gasteiger partial charge in [-0.2, -0.15) is 4.98 Å². The van der Waals surface area contributed by atoms with Crippen LogP contribution in [0.1, 0.15) is 31.5 Å². The van der Waals surface area contributed by atoms with Crippen LogP contribution in [0, 0.1) is 0 Å². The first-order valence-electron chi connectivity index (χ1n) is 7.91. The first-order valence-corrected chi connectivity index (χ1v) is 7.91. The summed E-state index contributed by atoms with van der Waals surface area (Å²) >= 11 is 0. The van der Waals surface area contributed by atoms with Gasteiger partial charge in [-0.15, -0.1) is 0 Å². The summed E-state index contributed by atoms with van der Waals surface area (Å²) in [6.07, 6.45) is 2.15. The van der Waals surface area contributed by atoms with Gasteiger partial charge in [-0.05, 0) is 12.1 Å². The van der Waals surface area contributed by atoms with Crippen LogP contribution in [0.4, 0.5) is 5.82 Å². The van der Waals surface area contributed by atoms with Gasteiger partial charge in [-0.3, -0.25) is 0 Å². The molecule has 7 nitrogen and oxygen atoms in total. The standard InChI is InChI=1S/C17H17N5O2/c1-10(2)16-21-13(24-22-16)7-8-18-17-15-14(19-9-20-17)11-5-3-4-6-12(11)23-15/h3-6,9-10H,7-8H2,1-2H3,(H,18,19,20). The molecule has 4 aromatic rings. The summed E-state index contributed by atoms with van der Waals surface area (Å²) in [5.74, 6) is 2.26. The van der Waals surface area contributed by atoms with E-state index in [0.717, 1.165) is 22.3 Å². The van der Waals surface area contributed by atoms with Crippen LogP contribution in [0.3, 0.4) is 0 Å². The summed E-state index contributed by atoms with van der Waals surface area (Å²) in [6.45, 7) is 4.68. The third kappa shape index (κ3) is 2.58. The summed E-state index contributed by atoms with van der Waals surface area (Å²) in [6, 6.07) is 7.82. The minimum absolute atomic E-state index is 0.257. The van der Waals surface area contributed by atoms with E-state index in [-0.39, 0.29) is 5.92 Å². The monoisotopic (exact) mass is 323 g/mol. The quantitative estimate of drug-likeness (QED) is 0.600. The van der Waals surface area contributed by atoms with Crippen molar-refractivity contribution in [3.8, 4) is 0 Å². The van der Waals surface area contributed by atoms with Crippen molar-refractivity contribution >= 4 is 27.9 Å². The number of para-hydroxylation sites is 1. The molecule has 122 valence electrons. The first-order chi connectivity index (χ1) is 11.7. The Labute approximate surface area is 138 Å². The van der Waals surface area contributed by atoms with Crippen LogP contribution in [-0.4, -0.2) is 26.7 Å². The highest BCUT2D eigenvalue weighted by Gasteiger charge is 2.13. The Balaban J connectivity index is 1.54. The fraction of sp³-hybridized carbons (Fsp3) is 0.294. The molecule has 0 amide bonds. The number of aromatic nitrogens is 4. The van der Waals surface area contributed by atoms with Crippen LogP contribution in [0.25, 0.3) is 22.1 Å². The molecule has 0 unspecified atom stereocenters. The predicted octanol–water partition coefficient (Wildman–Crippen LogP) is 3.54. The Morgan fingerprint density at radius 2 is 2.04 bits per heavy atom. The number of hydrogen-bond acceptors (Lipinski definition) is 7. The summed E-state index contributed by atoms with van der Waals surface area (Å²) in [4.78, 5) is 13.0. The molecule has 0 saturated heterocycles. The number of rotatable bonds is 5. The van der Waals surface area contributed by atoms with Crippen molar-refractivity contribution in [2.45, 2.75) is 26.2 Å². The molecule has 0 spiro atoms. The summed E-state index contributed by atoms with van der Waals surface area (Å²) in [5.41, 5.74) is 2.27. The molecule has 0 saturated carbocycles. The molecule has 1 N–H and O–H groups in total. The summed E-state index contributed by atoms with van der Waals surface area (Å²) < 4.78 is 11.1. The van der Waals surface area contributed by atoms with Gasteiger partial charge in [0.05, 0.1) is 0 Å². The number of furan rings is 1. The molecule has 0 atom stereocenters. The van der Waals surface area contributed by atoms with E-state index in [1.54, 1.807) is 0 Å². The normalized spacial score (nSPS) is 11.6. The van der Waals surface area contributed by atoms with Crippen LogP contribution >= 0.6 is 0 Å². The van der Waals surface area contributed by atoms with Gasteiger partial charge in [0, 0.05) is 24.3 Å². The lowest BCUT2D eigenvalue weighted by Crippen LogP contribution is -2.07. The molecule has 7 heteroatoms. The molecular formula is C17H17N5O2. The Morgan fingerprint density at radius 1 is 1.17 bits per heavy atom. The van der Waals surface area contributed by atoms with Gasteiger partial charge in [0.1, 0.15) is 17.4 Å². The molecular weight excluding hydrogens is 306 g/mol. The largest absolute Gasteiger partial charge is 0.450 e. The second-order valence-electron chi connectivity index (χ2n) is 5.88. The zero-order valence-corrected chi connectivity index (χ0v) is 13.5. The Kier molecular flexibility index (Phi) is 3.60. The fourth-order valence-corrected chi connectivity index (χ4v) is 2.54. The van der Waals surface area contributed by atoms with Crippen molar-refractivity contribution in [3.05, 3.63) is 42.3 Å². The highest BCUT2D eigenvalue weighted by atomic mass is 16.5. The predicted molar refractivity (Wildman–Crippen MR) is 89.9 cm³/mol. The molecule has 24 heavy (non-hydrogen) atoms. The maximum absolute atomic E-state index is 5.88. The molecule has 3 heterocycles. The minimum Gasteiger partial charge on any atom is -0.450 e. The van der Waals surface area contributed by atoms with Gasteiger partial charge < -0.3 is 14.3 Å². The lowest BCUT2D eigenvalue weighted by Gasteiger charge is -2.03. The van der Waals surface area contributed by atoms with Crippen LogP contribution in [0.5, 0.6) is 0 Å². The van der Waals surface area contributed by atoms with E-state index in [2.05, 4.69) is 25.4 Å². The third-order valence-electron chi connectivity index (χ3n) is 3.79. The van der Waals surface area contributed by atoms with E-state index in [1.807, 2.05) is 38.1 Å². The zero-order valence-electron chi connectivity index (χ0n) is 13.5. The molecule has 0 fully saturated rings. The van der Waals surface area contributed by atoms with Gasteiger partial charge in [0.25, 0.3) is 0 Å². The van der Waals surface area contributed by atoms with Crippen molar-refractivity contribution < 1.29 is 8.94 Å². The van der Waals surface area contributed by atoms with Gasteiger partial charge in [-0.25, -0.2) is 9.97 Å². The van der Waals surface area contributed by atoms with E-state index in [9.17, 15) is 0 Å². The molecule has 3 aromatic heterocycles. The zero-order chi connectivity index (χ0) is 16.5. The molecule has 4 rings (SSSR count). The van der Waals surface area contributed by atoms with Crippen molar-refractivity contribution in [3.63, 3.8) is 0 Å². The summed E-state index contributed by atoms with van der Waals surface area (Å²) in [5, 5.41) is 8.21. The number of hydrogen-bond donors (Lipinski definition) is 1. The number of fused-ring (bicyclic) bond motifs is 3. The second-order valence-corrected chi connectivity index (χ2v) is 5.88. The number of nitrogens with one attached hydrogen (secondary N) is 1.